The number of carbonyl (C=O) groups excluding carboxylic acids is 1. The van der Waals surface area contributed by atoms with Gasteiger partial charge in [0.2, 0.25) is 0 Å². The van der Waals surface area contributed by atoms with E-state index >= 15 is 0 Å². The second kappa shape index (κ2) is 8.06. The second-order valence-electron chi connectivity index (χ2n) is 5.31. The van der Waals surface area contributed by atoms with Gasteiger partial charge in [-0.2, -0.15) is 0 Å². The third kappa shape index (κ3) is 4.97. The number of carboxylic acid groups (broad SMARTS) is 1. The van der Waals surface area contributed by atoms with Crippen LogP contribution in [0.1, 0.15) is 13.3 Å². The Balaban J connectivity index is 2.19. The van der Waals surface area contributed by atoms with Gasteiger partial charge in [0.15, 0.2) is 0 Å². The van der Waals surface area contributed by atoms with Crippen molar-refractivity contribution in [3.8, 4) is 0 Å². The van der Waals surface area contributed by atoms with E-state index in [4.69, 9.17) is 9.84 Å². The van der Waals surface area contributed by atoms with Crippen LogP contribution < -0.4 is 5.32 Å². The maximum Gasteiger partial charge on any atom is 0.317 e. The van der Waals surface area contributed by atoms with Crippen molar-refractivity contribution in [1.29, 1.82) is 0 Å². The standard InChI is InChI=1S/C13H25N3O4/c1-10-11(12(17)18)4-6-16(10)13(19)14-5-8-20-9-7-15(2)3/h10-11H,4-9H2,1-3H3,(H,14,19)(H,17,18). The fraction of sp³-hybridized carbons (Fsp3) is 0.846. The van der Waals surface area contributed by atoms with Gasteiger partial charge in [-0.3, -0.25) is 4.79 Å². The third-order valence-electron chi connectivity index (χ3n) is 3.54. The minimum Gasteiger partial charge on any atom is -0.481 e. The van der Waals surface area contributed by atoms with Crippen LogP contribution in [0.3, 0.4) is 0 Å². The lowest BCUT2D eigenvalue weighted by Crippen LogP contribution is -2.44. The molecule has 7 nitrogen and oxygen atoms in total. The number of likely N-dealkylation sites (N-methyl/N-ethyl adjacent to an activating group) is 1. The lowest BCUT2D eigenvalue weighted by atomic mass is 10.0. The molecule has 7 heteroatoms. The highest BCUT2D eigenvalue weighted by atomic mass is 16.5. The molecule has 2 atom stereocenters. The Morgan fingerprint density at radius 1 is 1.40 bits per heavy atom. The lowest BCUT2D eigenvalue weighted by molar-refractivity contribution is -0.142. The summed E-state index contributed by atoms with van der Waals surface area (Å²) in [4.78, 5) is 26.5. The van der Waals surface area contributed by atoms with Crippen LogP contribution in [0.5, 0.6) is 0 Å². The molecule has 0 bridgehead atoms. The molecule has 2 amide bonds. The summed E-state index contributed by atoms with van der Waals surface area (Å²) < 4.78 is 5.37. The fourth-order valence-electron chi connectivity index (χ4n) is 2.24. The first kappa shape index (κ1) is 16.7. The summed E-state index contributed by atoms with van der Waals surface area (Å²) in [5.74, 6) is -1.29. The van der Waals surface area contributed by atoms with Crippen LogP contribution in [0.4, 0.5) is 4.79 Å². The Morgan fingerprint density at radius 2 is 2.10 bits per heavy atom. The zero-order valence-electron chi connectivity index (χ0n) is 12.5. The van der Waals surface area contributed by atoms with Crippen molar-refractivity contribution in [3.05, 3.63) is 0 Å². The Hall–Kier alpha value is -1.34. The SMILES string of the molecule is CC1C(C(=O)O)CCN1C(=O)NCCOCCN(C)C. The van der Waals surface area contributed by atoms with E-state index in [-0.39, 0.29) is 12.1 Å². The molecule has 1 saturated heterocycles. The van der Waals surface area contributed by atoms with Gasteiger partial charge in [0.1, 0.15) is 0 Å². The molecular formula is C13H25N3O4. The van der Waals surface area contributed by atoms with Crippen molar-refractivity contribution in [3.63, 3.8) is 0 Å². The Morgan fingerprint density at radius 3 is 2.65 bits per heavy atom. The van der Waals surface area contributed by atoms with Crippen molar-refractivity contribution >= 4 is 12.0 Å². The number of likely N-dealkylation sites (tertiary alicyclic amines) is 1. The van der Waals surface area contributed by atoms with Gasteiger partial charge in [0, 0.05) is 25.7 Å². The van der Waals surface area contributed by atoms with Crippen LogP contribution in [-0.4, -0.2) is 79.9 Å². The molecule has 1 fully saturated rings. The number of amides is 2. The molecule has 0 spiro atoms. The highest BCUT2D eigenvalue weighted by Gasteiger charge is 2.37. The average molecular weight is 287 g/mol. The number of urea groups is 1. The fourth-order valence-corrected chi connectivity index (χ4v) is 2.24. The molecule has 2 unspecified atom stereocenters. The van der Waals surface area contributed by atoms with Crippen molar-refractivity contribution in [2.45, 2.75) is 19.4 Å². The number of hydrogen-bond acceptors (Lipinski definition) is 4. The van der Waals surface area contributed by atoms with Crippen molar-refractivity contribution in [1.82, 2.24) is 15.1 Å². The van der Waals surface area contributed by atoms with Gasteiger partial charge in [-0.25, -0.2) is 4.79 Å². The molecule has 116 valence electrons. The van der Waals surface area contributed by atoms with Gasteiger partial charge in [0.05, 0.1) is 19.1 Å². The van der Waals surface area contributed by atoms with Crippen LogP contribution in [-0.2, 0) is 9.53 Å². The highest BCUT2D eigenvalue weighted by molar-refractivity contribution is 5.78. The zero-order chi connectivity index (χ0) is 15.1. The first-order valence-electron chi connectivity index (χ1n) is 6.93. The van der Waals surface area contributed by atoms with Crippen LogP contribution in [0.15, 0.2) is 0 Å². The Bertz CT molecular complexity index is 336. The van der Waals surface area contributed by atoms with Crippen molar-refractivity contribution in [2.24, 2.45) is 5.92 Å². The quantitative estimate of drug-likeness (QED) is 0.648. The van der Waals surface area contributed by atoms with Gasteiger partial charge >= 0.3 is 12.0 Å². The largest absolute Gasteiger partial charge is 0.481 e. The summed E-state index contributed by atoms with van der Waals surface area (Å²) in [5, 5.41) is 11.8. The normalized spacial score (nSPS) is 22.3. The van der Waals surface area contributed by atoms with E-state index in [2.05, 4.69) is 5.32 Å². The maximum atomic E-state index is 11.9. The summed E-state index contributed by atoms with van der Waals surface area (Å²) in [6, 6.07) is -0.473. The predicted octanol–water partition coefficient (Wildman–Crippen LogP) is 0.0692. The number of ether oxygens (including phenoxy) is 1. The number of nitrogens with zero attached hydrogens (tertiary/aromatic N) is 2. The van der Waals surface area contributed by atoms with E-state index in [1.54, 1.807) is 11.8 Å². The van der Waals surface area contributed by atoms with E-state index in [1.807, 2.05) is 19.0 Å². The summed E-state index contributed by atoms with van der Waals surface area (Å²) >= 11 is 0. The summed E-state index contributed by atoms with van der Waals surface area (Å²) in [7, 11) is 3.94. The summed E-state index contributed by atoms with van der Waals surface area (Å²) in [5.41, 5.74) is 0. The Labute approximate surface area is 119 Å². The first-order valence-corrected chi connectivity index (χ1v) is 6.93. The molecule has 0 radical (unpaired) electrons. The highest BCUT2D eigenvalue weighted by Crippen LogP contribution is 2.23. The van der Waals surface area contributed by atoms with Crippen LogP contribution in [0.25, 0.3) is 0 Å². The average Bonchev–Trinajstić information content (AvgIpc) is 2.75. The number of carbonyl (C=O) groups is 2. The second-order valence-corrected chi connectivity index (χ2v) is 5.31. The van der Waals surface area contributed by atoms with Gasteiger partial charge in [0.25, 0.3) is 0 Å². The smallest absolute Gasteiger partial charge is 0.317 e. The molecule has 1 aliphatic heterocycles. The third-order valence-corrected chi connectivity index (χ3v) is 3.54. The zero-order valence-corrected chi connectivity index (χ0v) is 12.5. The number of hydrogen-bond donors (Lipinski definition) is 2. The molecule has 1 aliphatic rings. The molecule has 20 heavy (non-hydrogen) atoms. The van der Waals surface area contributed by atoms with Gasteiger partial charge in [-0.1, -0.05) is 0 Å². The van der Waals surface area contributed by atoms with Crippen molar-refractivity contribution in [2.75, 3.05) is 46.9 Å². The Kier molecular flexibility index (Phi) is 6.74. The number of carboxylic acids is 1. The number of rotatable bonds is 7. The van der Waals surface area contributed by atoms with Gasteiger partial charge in [-0.15, -0.1) is 0 Å². The monoisotopic (exact) mass is 287 g/mol. The molecule has 0 aromatic rings. The lowest BCUT2D eigenvalue weighted by Gasteiger charge is -2.23. The molecule has 2 N–H and O–H groups in total. The summed E-state index contributed by atoms with van der Waals surface area (Å²) in [6.45, 7) is 4.64. The maximum absolute atomic E-state index is 11.9. The van der Waals surface area contributed by atoms with Crippen LogP contribution in [0, 0.1) is 5.92 Å². The summed E-state index contributed by atoms with van der Waals surface area (Å²) in [6.07, 6.45) is 0.517. The van der Waals surface area contributed by atoms with E-state index < -0.39 is 11.9 Å². The van der Waals surface area contributed by atoms with E-state index in [0.29, 0.717) is 32.7 Å². The van der Waals surface area contributed by atoms with E-state index in [1.165, 1.54) is 0 Å². The minimum absolute atomic E-state index is 0.211. The topological polar surface area (TPSA) is 82.1 Å². The van der Waals surface area contributed by atoms with Crippen LogP contribution in [0.2, 0.25) is 0 Å². The van der Waals surface area contributed by atoms with Crippen molar-refractivity contribution < 1.29 is 19.4 Å². The minimum atomic E-state index is -0.834. The molecule has 1 rings (SSSR count). The molecular weight excluding hydrogens is 262 g/mol. The molecule has 0 saturated carbocycles. The predicted molar refractivity (Wildman–Crippen MR) is 74.7 cm³/mol. The van der Waals surface area contributed by atoms with E-state index in [0.717, 1.165) is 6.54 Å². The van der Waals surface area contributed by atoms with Crippen LogP contribution >= 0.6 is 0 Å². The molecule has 0 aromatic heterocycles. The van der Waals surface area contributed by atoms with Gasteiger partial charge in [-0.05, 0) is 27.4 Å². The molecule has 0 aliphatic carbocycles. The molecule has 1 heterocycles. The first-order chi connectivity index (χ1) is 9.43. The van der Waals surface area contributed by atoms with E-state index in [9.17, 15) is 9.59 Å². The number of nitrogens with one attached hydrogen (secondary N) is 1. The number of aliphatic carboxylic acids is 1. The van der Waals surface area contributed by atoms with Gasteiger partial charge < -0.3 is 25.0 Å². The molecule has 0 aromatic carbocycles.